The summed E-state index contributed by atoms with van der Waals surface area (Å²) in [6.07, 6.45) is 11.7. The molecule has 4 nitrogen and oxygen atoms in total. The Kier molecular flexibility index (Phi) is 5.99. The van der Waals surface area contributed by atoms with Crippen LogP contribution in [0.15, 0.2) is 11.1 Å². The Morgan fingerprint density at radius 3 is 2.45 bits per heavy atom. The number of allylic oxidation sites excluding steroid dienone is 2. The molecule has 0 radical (unpaired) electrons. The monoisotopic (exact) mass is 434 g/mol. The predicted octanol–water partition coefficient (Wildman–Crippen LogP) is 4.40. The van der Waals surface area contributed by atoms with Gasteiger partial charge in [-0.1, -0.05) is 37.8 Å². The Labute approximate surface area is 188 Å². The first kappa shape index (κ1) is 23.7. The first-order valence-corrected chi connectivity index (χ1v) is 12.9. The summed E-state index contributed by atoms with van der Waals surface area (Å²) in [6, 6.07) is 0. The minimum absolute atomic E-state index is 0. The molecule has 1 spiro atoms. The number of fused-ring (bicyclic) bond motifs is 6. The zero-order valence-electron chi connectivity index (χ0n) is 20.2. The van der Waals surface area contributed by atoms with Crippen LogP contribution in [0.5, 0.6) is 0 Å². The maximum Gasteiger partial charge on any atom is 0.0591 e. The van der Waals surface area contributed by atoms with Gasteiger partial charge < -0.3 is 20.8 Å². The molecule has 3 saturated carbocycles. The maximum atomic E-state index is 10.4. The van der Waals surface area contributed by atoms with Crippen molar-refractivity contribution in [2.24, 2.45) is 40.4 Å². The maximum absolute atomic E-state index is 10.4. The van der Waals surface area contributed by atoms with Crippen molar-refractivity contribution in [1.82, 2.24) is 0 Å². The van der Waals surface area contributed by atoms with Gasteiger partial charge in [-0.05, 0) is 112 Å². The highest BCUT2D eigenvalue weighted by atomic mass is 16.3. The minimum Gasteiger partial charge on any atom is -0.412 e. The van der Waals surface area contributed by atoms with Gasteiger partial charge >= 0.3 is 0 Å². The Hall–Kier alpha value is -0.420. The summed E-state index contributed by atoms with van der Waals surface area (Å²) in [7, 11) is 0. The number of aliphatic hydroxyl groups is 3. The Bertz CT molecular complexity index is 711. The van der Waals surface area contributed by atoms with Gasteiger partial charge in [0.25, 0.3) is 0 Å². The molecule has 0 aromatic heterocycles. The lowest BCUT2D eigenvalue weighted by Crippen LogP contribution is -2.38. The van der Waals surface area contributed by atoms with Crippen LogP contribution in [0.2, 0.25) is 0 Å². The van der Waals surface area contributed by atoms with Crippen molar-refractivity contribution >= 4 is 0 Å². The number of aliphatic hydroxyl groups excluding tert-OH is 2. The normalized spacial score (nSPS) is 46.9. The van der Waals surface area contributed by atoms with Crippen molar-refractivity contribution < 1.29 is 20.8 Å². The van der Waals surface area contributed by atoms with Crippen molar-refractivity contribution in [3.63, 3.8) is 0 Å². The van der Waals surface area contributed by atoms with Crippen molar-refractivity contribution in [3.05, 3.63) is 11.1 Å². The fourth-order valence-corrected chi connectivity index (χ4v) is 9.28. The third-order valence-electron chi connectivity index (χ3n) is 10.5. The lowest BCUT2D eigenvalue weighted by Gasteiger charge is -2.46. The van der Waals surface area contributed by atoms with Gasteiger partial charge in [0.1, 0.15) is 0 Å². The second kappa shape index (κ2) is 7.82. The molecule has 5 rings (SSSR count). The molecule has 4 heteroatoms. The molecule has 0 saturated heterocycles. The van der Waals surface area contributed by atoms with Gasteiger partial charge in [-0.2, -0.15) is 0 Å². The smallest absolute Gasteiger partial charge is 0.0591 e. The van der Waals surface area contributed by atoms with Gasteiger partial charge in [0.05, 0.1) is 17.8 Å². The molecule has 5 aliphatic rings. The Morgan fingerprint density at radius 1 is 1.13 bits per heavy atom. The third kappa shape index (κ3) is 3.74. The topological polar surface area (TPSA) is 92.2 Å². The summed E-state index contributed by atoms with van der Waals surface area (Å²) >= 11 is 0. The summed E-state index contributed by atoms with van der Waals surface area (Å²) in [5.41, 5.74) is 3.72. The van der Waals surface area contributed by atoms with Crippen LogP contribution in [0.25, 0.3) is 0 Å². The predicted molar refractivity (Wildman–Crippen MR) is 123 cm³/mol. The van der Waals surface area contributed by atoms with Crippen LogP contribution in [0.4, 0.5) is 0 Å². The highest BCUT2D eigenvalue weighted by molar-refractivity contribution is 5.43. The van der Waals surface area contributed by atoms with Gasteiger partial charge in [0.2, 0.25) is 0 Å². The fraction of sp³-hybridized carbons (Fsp3) is 0.926. The second-order valence-electron chi connectivity index (χ2n) is 13.0. The van der Waals surface area contributed by atoms with E-state index < -0.39 is 5.60 Å². The van der Waals surface area contributed by atoms with Crippen LogP contribution < -0.4 is 0 Å². The SMILES string of the molecule is C[C@H](CCCC(C)(C)O)[C@H]1CC[C@H]2C3=C(CC[C@]12C)C[C@@H]1[C@H]3C12C[C@@H](O)C[C@H](O)C2.O. The van der Waals surface area contributed by atoms with Crippen LogP contribution in [0.1, 0.15) is 98.3 Å². The van der Waals surface area contributed by atoms with E-state index in [1.807, 2.05) is 19.4 Å². The molecule has 178 valence electrons. The Morgan fingerprint density at radius 2 is 1.81 bits per heavy atom. The number of hydrogen-bond acceptors (Lipinski definition) is 3. The zero-order valence-corrected chi connectivity index (χ0v) is 20.2. The quantitative estimate of drug-likeness (QED) is 0.560. The highest BCUT2D eigenvalue weighted by Gasteiger charge is 2.72. The van der Waals surface area contributed by atoms with Crippen molar-refractivity contribution in [1.29, 1.82) is 0 Å². The van der Waals surface area contributed by atoms with E-state index in [0.717, 1.165) is 49.4 Å². The van der Waals surface area contributed by atoms with Gasteiger partial charge in [-0.25, -0.2) is 0 Å². The molecule has 8 atom stereocenters. The lowest BCUT2D eigenvalue weighted by atomic mass is 9.59. The molecule has 0 unspecified atom stereocenters. The van der Waals surface area contributed by atoms with E-state index >= 15 is 0 Å². The fourth-order valence-electron chi connectivity index (χ4n) is 9.28. The molecule has 0 aliphatic heterocycles. The summed E-state index contributed by atoms with van der Waals surface area (Å²) < 4.78 is 0. The summed E-state index contributed by atoms with van der Waals surface area (Å²) in [4.78, 5) is 0. The molecule has 0 aromatic rings. The summed E-state index contributed by atoms with van der Waals surface area (Å²) in [5.74, 6) is 3.67. The molecular formula is C27H46O4. The van der Waals surface area contributed by atoms with Gasteiger partial charge in [0, 0.05) is 0 Å². The van der Waals surface area contributed by atoms with E-state index in [1.54, 1.807) is 5.57 Å². The van der Waals surface area contributed by atoms with E-state index in [-0.39, 0.29) is 23.1 Å². The molecule has 5 aliphatic carbocycles. The first-order valence-electron chi connectivity index (χ1n) is 12.9. The first-order chi connectivity index (χ1) is 14.1. The van der Waals surface area contributed by atoms with Crippen molar-refractivity contribution in [3.8, 4) is 0 Å². The molecule has 5 N–H and O–H groups in total. The van der Waals surface area contributed by atoms with Crippen LogP contribution in [0.3, 0.4) is 0 Å². The molecule has 0 bridgehead atoms. The van der Waals surface area contributed by atoms with Crippen molar-refractivity contribution in [2.75, 3.05) is 0 Å². The third-order valence-corrected chi connectivity index (χ3v) is 10.5. The van der Waals surface area contributed by atoms with Gasteiger partial charge in [-0.15, -0.1) is 0 Å². The second-order valence-corrected chi connectivity index (χ2v) is 13.0. The minimum atomic E-state index is -0.541. The highest BCUT2D eigenvalue weighted by Crippen LogP contribution is 2.79. The standard InChI is InChI=1S/C27H44O3.H2O/c1-16(6-5-10-25(2,3)30)20-7-8-21-23-17(9-11-26(20,21)4)12-22-24(23)27(22)14-18(28)13-19(29)15-27;/h16,18-22,24,28-30H,5-15H2,1-4H3;1H2/t16-,18+,19+,20-,21+,22-,24-,26-;/m1./s1. The van der Waals surface area contributed by atoms with Gasteiger partial charge in [0.15, 0.2) is 0 Å². The van der Waals surface area contributed by atoms with Crippen LogP contribution in [-0.4, -0.2) is 38.6 Å². The van der Waals surface area contributed by atoms with Crippen LogP contribution in [-0.2, 0) is 0 Å². The van der Waals surface area contributed by atoms with Crippen molar-refractivity contribution in [2.45, 2.75) is 116 Å². The molecular weight excluding hydrogens is 388 g/mol. The van der Waals surface area contributed by atoms with E-state index in [4.69, 9.17) is 0 Å². The average molecular weight is 435 g/mol. The van der Waals surface area contributed by atoms with E-state index in [9.17, 15) is 15.3 Å². The summed E-state index contributed by atoms with van der Waals surface area (Å²) in [5, 5.41) is 30.9. The van der Waals surface area contributed by atoms with E-state index in [1.165, 1.54) is 38.5 Å². The number of rotatable bonds is 5. The molecule has 31 heavy (non-hydrogen) atoms. The summed E-state index contributed by atoms with van der Waals surface area (Å²) in [6.45, 7) is 8.93. The average Bonchev–Trinajstić information content (AvgIpc) is 2.95. The molecule has 0 amide bonds. The van der Waals surface area contributed by atoms with Crippen LogP contribution >= 0.6 is 0 Å². The molecule has 0 heterocycles. The van der Waals surface area contributed by atoms with Crippen LogP contribution in [0, 0.1) is 40.4 Å². The van der Waals surface area contributed by atoms with E-state index in [0.29, 0.717) is 17.8 Å². The van der Waals surface area contributed by atoms with Gasteiger partial charge in [-0.3, -0.25) is 0 Å². The zero-order chi connectivity index (χ0) is 21.5. The molecule has 0 aromatic carbocycles. The lowest BCUT2D eigenvalue weighted by molar-refractivity contribution is -0.00336. The Balaban J connectivity index is 0.00000231. The van der Waals surface area contributed by atoms with E-state index in [2.05, 4.69) is 13.8 Å². The molecule has 3 fully saturated rings. The number of hydrogen-bond donors (Lipinski definition) is 3. The largest absolute Gasteiger partial charge is 0.412 e.